The topological polar surface area (TPSA) is 58.4 Å². The average Bonchev–Trinajstić information content (AvgIpc) is 2.75. The van der Waals surface area contributed by atoms with E-state index >= 15 is 0 Å². The number of carboxylic acid groups (broad SMARTS) is 1. The number of piperidine rings is 1. The van der Waals surface area contributed by atoms with Gasteiger partial charge in [0.1, 0.15) is 11.3 Å². The fraction of sp³-hybridized carbons (Fsp3) is 0.429. The molecule has 0 amide bonds. The summed E-state index contributed by atoms with van der Waals surface area (Å²) >= 11 is 0. The van der Waals surface area contributed by atoms with Gasteiger partial charge in [-0.2, -0.15) is 0 Å². The van der Waals surface area contributed by atoms with Crippen molar-refractivity contribution in [1.82, 2.24) is 9.66 Å². The number of para-hydroxylation sites is 1. The first kappa shape index (κ1) is 12.0. The van der Waals surface area contributed by atoms with Crippen molar-refractivity contribution >= 4 is 17.0 Å². The third-order valence-corrected chi connectivity index (χ3v) is 3.66. The van der Waals surface area contributed by atoms with Gasteiger partial charge in [0, 0.05) is 13.1 Å². The maximum atomic E-state index is 11.4. The van der Waals surface area contributed by atoms with Gasteiger partial charge in [-0.1, -0.05) is 6.07 Å². The zero-order chi connectivity index (χ0) is 13.4. The van der Waals surface area contributed by atoms with Gasteiger partial charge in [-0.25, -0.2) is 14.5 Å². The number of benzene rings is 1. The molecule has 0 atom stereocenters. The van der Waals surface area contributed by atoms with Gasteiger partial charge < -0.3 is 10.1 Å². The van der Waals surface area contributed by atoms with Crippen molar-refractivity contribution in [1.29, 1.82) is 0 Å². The van der Waals surface area contributed by atoms with E-state index in [1.165, 1.54) is 6.42 Å². The first-order valence-electron chi connectivity index (χ1n) is 6.65. The van der Waals surface area contributed by atoms with Gasteiger partial charge in [-0.3, -0.25) is 0 Å². The van der Waals surface area contributed by atoms with E-state index in [-0.39, 0.29) is 0 Å². The summed E-state index contributed by atoms with van der Waals surface area (Å²) in [6, 6.07) is 5.26. The lowest BCUT2D eigenvalue weighted by Gasteiger charge is -2.31. The smallest absolute Gasteiger partial charge is 0.337 e. The highest BCUT2D eigenvalue weighted by Gasteiger charge is 2.20. The molecule has 0 aliphatic carbocycles. The molecule has 2 heterocycles. The number of hydrogen-bond donors (Lipinski definition) is 1. The number of hydrogen-bond acceptors (Lipinski definition) is 3. The fourth-order valence-electron chi connectivity index (χ4n) is 2.82. The van der Waals surface area contributed by atoms with Crippen LogP contribution in [0.3, 0.4) is 0 Å². The molecule has 1 aliphatic heterocycles. The predicted molar refractivity (Wildman–Crippen MR) is 73.2 cm³/mol. The zero-order valence-corrected chi connectivity index (χ0v) is 11.0. The lowest BCUT2D eigenvalue weighted by molar-refractivity contribution is 0.0698. The standard InChI is InChI=1S/C14H17N3O2/c1-10-15-12-7-5-6-11(14(18)19)13(12)17(10)16-8-3-2-4-9-16/h5-7H,2-4,8-9H2,1H3,(H,18,19). The first-order valence-corrected chi connectivity index (χ1v) is 6.65. The Kier molecular flexibility index (Phi) is 2.89. The molecule has 2 aromatic rings. The molecule has 19 heavy (non-hydrogen) atoms. The molecule has 5 heteroatoms. The van der Waals surface area contributed by atoms with E-state index in [9.17, 15) is 9.90 Å². The summed E-state index contributed by atoms with van der Waals surface area (Å²) < 4.78 is 1.98. The number of nitrogens with zero attached hydrogens (tertiary/aromatic N) is 3. The number of imidazole rings is 1. The van der Waals surface area contributed by atoms with Crippen molar-refractivity contribution in [2.45, 2.75) is 26.2 Å². The van der Waals surface area contributed by atoms with Crippen LogP contribution < -0.4 is 5.01 Å². The number of aryl methyl sites for hydroxylation is 1. The minimum absolute atomic E-state index is 0.323. The molecule has 0 radical (unpaired) electrons. The minimum atomic E-state index is -0.899. The van der Waals surface area contributed by atoms with Crippen LogP contribution in [0, 0.1) is 6.92 Å². The Hall–Kier alpha value is -2.04. The molecular formula is C14H17N3O2. The Balaban J connectivity index is 2.21. The van der Waals surface area contributed by atoms with Crippen LogP contribution in [0.1, 0.15) is 35.4 Å². The van der Waals surface area contributed by atoms with E-state index in [0.717, 1.165) is 42.8 Å². The van der Waals surface area contributed by atoms with Crippen molar-refractivity contribution in [3.05, 3.63) is 29.6 Å². The van der Waals surface area contributed by atoms with Crippen LogP contribution in [-0.4, -0.2) is 33.8 Å². The lowest BCUT2D eigenvalue weighted by atomic mass is 10.1. The Morgan fingerprint density at radius 3 is 2.68 bits per heavy atom. The van der Waals surface area contributed by atoms with E-state index < -0.39 is 5.97 Å². The maximum Gasteiger partial charge on any atom is 0.337 e. The number of aromatic carboxylic acids is 1. The molecule has 1 aliphatic rings. The summed E-state index contributed by atoms with van der Waals surface area (Å²) in [5.74, 6) is -0.0469. The number of carbonyl (C=O) groups is 1. The second-order valence-corrected chi connectivity index (χ2v) is 4.96. The van der Waals surface area contributed by atoms with Crippen LogP contribution >= 0.6 is 0 Å². The van der Waals surface area contributed by atoms with E-state index in [0.29, 0.717) is 5.56 Å². The van der Waals surface area contributed by atoms with Crippen LogP contribution in [0.4, 0.5) is 0 Å². The van der Waals surface area contributed by atoms with E-state index in [1.807, 2.05) is 17.7 Å². The molecule has 3 rings (SSSR count). The SMILES string of the molecule is Cc1nc2cccc(C(=O)O)c2n1N1CCCCC1. The summed E-state index contributed by atoms with van der Waals surface area (Å²) in [5.41, 5.74) is 1.79. The molecule has 100 valence electrons. The number of carboxylic acids is 1. The lowest BCUT2D eigenvalue weighted by Crippen LogP contribution is -2.39. The molecule has 1 aromatic carbocycles. The van der Waals surface area contributed by atoms with E-state index in [4.69, 9.17) is 0 Å². The monoisotopic (exact) mass is 259 g/mol. The van der Waals surface area contributed by atoms with Crippen LogP contribution in [0.25, 0.3) is 11.0 Å². The van der Waals surface area contributed by atoms with Crippen LogP contribution in [0.5, 0.6) is 0 Å². The molecule has 1 fully saturated rings. The molecule has 0 bridgehead atoms. The molecule has 1 aromatic heterocycles. The largest absolute Gasteiger partial charge is 0.478 e. The third kappa shape index (κ3) is 1.95. The fourth-order valence-corrected chi connectivity index (χ4v) is 2.82. The van der Waals surface area contributed by atoms with Crippen LogP contribution in [-0.2, 0) is 0 Å². The maximum absolute atomic E-state index is 11.4. The van der Waals surface area contributed by atoms with Crippen molar-refractivity contribution in [3.63, 3.8) is 0 Å². The van der Waals surface area contributed by atoms with Gasteiger partial charge in [0.05, 0.1) is 11.1 Å². The highest BCUT2D eigenvalue weighted by atomic mass is 16.4. The highest BCUT2D eigenvalue weighted by Crippen LogP contribution is 2.22. The van der Waals surface area contributed by atoms with Crippen LogP contribution in [0.2, 0.25) is 0 Å². The van der Waals surface area contributed by atoms with Crippen molar-refractivity contribution in [2.75, 3.05) is 18.1 Å². The normalized spacial score (nSPS) is 15.9. The summed E-state index contributed by atoms with van der Waals surface area (Å²) in [5, 5.41) is 11.6. The molecule has 0 spiro atoms. The number of rotatable bonds is 2. The summed E-state index contributed by atoms with van der Waals surface area (Å²) in [6.45, 7) is 3.85. The van der Waals surface area contributed by atoms with Gasteiger partial charge in [-0.05, 0) is 38.3 Å². The molecule has 5 nitrogen and oxygen atoms in total. The Morgan fingerprint density at radius 1 is 1.26 bits per heavy atom. The van der Waals surface area contributed by atoms with E-state index in [2.05, 4.69) is 9.99 Å². The van der Waals surface area contributed by atoms with Gasteiger partial charge >= 0.3 is 5.97 Å². The Morgan fingerprint density at radius 2 is 2.00 bits per heavy atom. The first-order chi connectivity index (χ1) is 9.18. The molecule has 0 saturated carbocycles. The van der Waals surface area contributed by atoms with Crippen LogP contribution in [0.15, 0.2) is 18.2 Å². The van der Waals surface area contributed by atoms with Gasteiger partial charge in [0.2, 0.25) is 0 Å². The summed E-state index contributed by atoms with van der Waals surface area (Å²) in [4.78, 5) is 15.9. The van der Waals surface area contributed by atoms with Gasteiger partial charge in [-0.15, -0.1) is 0 Å². The number of fused-ring (bicyclic) bond motifs is 1. The molecule has 1 N–H and O–H groups in total. The quantitative estimate of drug-likeness (QED) is 0.898. The van der Waals surface area contributed by atoms with Gasteiger partial charge in [0.15, 0.2) is 0 Å². The Bertz CT molecular complexity index is 627. The van der Waals surface area contributed by atoms with Crippen molar-refractivity contribution < 1.29 is 9.90 Å². The second-order valence-electron chi connectivity index (χ2n) is 4.96. The minimum Gasteiger partial charge on any atom is -0.478 e. The number of aromatic nitrogens is 2. The molecule has 1 saturated heterocycles. The van der Waals surface area contributed by atoms with E-state index in [1.54, 1.807) is 12.1 Å². The molecular weight excluding hydrogens is 242 g/mol. The third-order valence-electron chi connectivity index (χ3n) is 3.66. The van der Waals surface area contributed by atoms with Crippen molar-refractivity contribution in [3.8, 4) is 0 Å². The zero-order valence-electron chi connectivity index (χ0n) is 11.0. The van der Waals surface area contributed by atoms with Gasteiger partial charge in [0.25, 0.3) is 0 Å². The molecule has 0 unspecified atom stereocenters. The Labute approximate surface area is 111 Å². The van der Waals surface area contributed by atoms with Crippen molar-refractivity contribution in [2.24, 2.45) is 0 Å². The summed E-state index contributed by atoms with van der Waals surface area (Å²) in [6.07, 6.45) is 3.54. The average molecular weight is 259 g/mol. The predicted octanol–water partition coefficient (Wildman–Crippen LogP) is 2.16. The second kappa shape index (κ2) is 4.57. The highest BCUT2D eigenvalue weighted by molar-refractivity contribution is 6.01. The summed E-state index contributed by atoms with van der Waals surface area (Å²) in [7, 11) is 0.